The molecule has 3 amide bonds. The molecule has 0 saturated heterocycles. The predicted octanol–water partition coefficient (Wildman–Crippen LogP) is 5.71. The van der Waals surface area contributed by atoms with Gasteiger partial charge in [0, 0.05) is 18.0 Å². The Morgan fingerprint density at radius 2 is 1.77 bits per heavy atom. The molecule has 0 spiro atoms. The molecule has 1 heterocycles. The Bertz CT molecular complexity index is 1190. The third kappa shape index (κ3) is 6.54. The number of hydrogen-bond donors (Lipinski definition) is 2. The van der Waals surface area contributed by atoms with Gasteiger partial charge < -0.3 is 20.3 Å². The van der Waals surface area contributed by atoms with E-state index in [-0.39, 0.29) is 23.9 Å². The van der Waals surface area contributed by atoms with Crippen LogP contribution in [0.4, 0.5) is 16.3 Å². The minimum absolute atomic E-state index is 0.132. The van der Waals surface area contributed by atoms with E-state index in [0.717, 1.165) is 5.69 Å². The van der Waals surface area contributed by atoms with Crippen molar-refractivity contribution in [3.8, 4) is 11.4 Å². The van der Waals surface area contributed by atoms with Crippen molar-refractivity contribution < 1.29 is 14.3 Å². The summed E-state index contributed by atoms with van der Waals surface area (Å²) in [6, 6.07) is 15.9. The van der Waals surface area contributed by atoms with Crippen LogP contribution in [0.5, 0.6) is 5.75 Å². The molecule has 0 atom stereocenters. The fourth-order valence-corrected chi connectivity index (χ4v) is 3.68. The van der Waals surface area contributed by atoms with Crippen LogP contribution in [0.3, 0.4) is 0 Å². The van der Waals surface area contributed by atoms with Crippen molar-refractivity contribution in [2.75, 3.05) is 30.8 Å². The quantitative estimate of drug-likeness (QED) is 0.417. The lowest BCUT2D eigenvalue weighted by molar-refractivity contribution is -0.116. The van der Waals surface area contributed by atoms with Crippen LogP contribution in [0.25, 0.3) is 5.69 Å². The molecule has 186 valence electrons. The summed E-state index contributed by atoms with van der Waals surface area (Å²) in [6.45, 7) is 8.36. The van der Waals surface area contributed by atoms with E-state index in [1.54, 1.807) is 28.9 Å². The van der Waals surface area contributed by atoms with Gasteiger partial charge in [-0.25, -0.2) is 9.48 Å². The molecular weight excluding hydrogens is 466 g/mol. The second-order valence-electron chi connectivity index (χ2n) is 9.13. The molecule has 9 heteroatoms. The van der Waals surface area contributed by atoms with Crippen LogP contribution in [-0.4, -0.2) is 46.8 Å². The van der Waals surface area contributed by atoms with Gasteiger partial charge in [0.25, 0.3) is 0 Å². The maximum Gasteiger partial charge on any atom is 0.322 e. The molecule has 3 aromatic rings. The number of amides is 3. The van der Waals surface area contributed by atoms with E-state index in [9.17, 15) is 9.59 Å². The van der Waals surface area contributed by atoms with E-state index in [1.807, 2.05) is 58.0 Å². The SMILES string of the molecule is CCCN(CC(=O)Nc1cc(C(C)(C)C)nn1-c1ccccc1Cl)C(=O)Nc1ccccc1OC. The van der Waals surface area contributed by atoms with Gasteiger partial charge >= 0.3 is 6.03 Å². The molecule has 0 fully saturated rings. The molecule has 1 aromatic heterocycles. The van der Waals surface area contributed by atoms with Crippen LogP contribution in [-0.2, 0) is 10.2 Å². The molecule has 3 rings (SSSR count). The number of carbonyl (C=O) groups excluding carboxylic acids is 2. The van der Waals surface area contributed by atoms with Crippen molar-refractivity contribution >= 4 is 35.0 Å². The van der Waals surface area contributed by atoms with Crippen LogP contribution < -0.4 is 15.4 Å². The summed E-state index contributed by atoms with van der Waals surface area (Å²) in [6.07, 6.45) is 0.693. The van der Waals surface area contributed by atoms with Gasteiger partial charge in [0.05, 0.1) is 29.2 Å². The molecule has 0 aliphatic carbocycles. The van der Waals surface area contributed by atoms with Gasteiger partial charge in [0.2, 0.25) is 5.91 Å². The van der Waals surface area contributed by atoms with E-state index in [0.29, 0.717) is 40.9 Å². The zero-order valence-electron chi connectivity index (χ0n) is 20.8. The van der Waals surface area contributed by atoms with E-state index >= 15 is 0 Å². The van der Waals surface area contributed by atoms with Crippen LogP contribution in [0.2, 0.25) is 5.02 Å². The number of aromatic nitrogens is 2. The van der Waals surface area contributed by atoms with Gasteiger partial charge in [-0.1, -0.05) is 63.6 Å². The molecule has 0 aliphatic rings. The number of urea groups is 1. The fourth-order valence-electron chi connectivity index (χ4n) is 3.46. The highest BCUT2D eigenvalue weighted by Gasteiger charge is 2.24. The van der Waals surface area contributed by atoms with Gasteiger partial charge in [0.15, 0.2) is 0 Å². The summed E-state index contributed by atoms with van der Waals surface area (Å²) in [5.41, 5.74) is 1.74. The number of carbonyl (C=O) groups is 2. The first kappa shape index (κ1) is 26.1. The van der Waals surface area contributed by atoms with Gasteiger partial charge in [-0.05, 0) is 30.7 Å². The summed E-state index contributed by atoms with van der Waals surface area (Å²) < 4.78 is 6.93. The summed E-state index contributed by atoms with van der Waals surface area (Å²) in [7, 11) is 1.54. The molecule has 2 aromatic carbocycles. The second-order valence-corrected chi connectivity index (χ2v) is 9.54. The van der Waals surface area contributed by atoms with Crippen molar-refractivity contribution in [2.45, 2.75) is 39.5 Å². The van der Waals surface area contributed by atoms with Gasteiger partial charge in [-0.2, -0.15) is 5.10 Å². The average Bonchev–Trinajstić information content (AvgIpc) is 3.23. The van der Waals surface area contributed by atoms with Crippen LogP contribution in [0, 0.1) is 0 Å². The van der Waals surface area contributed by atoms with Gasteiger partial charge in [-0.3, -0.25) is 4.79 Å². The monoisotopic (exact) mass is 497 g/mol. The molecule has 0 unspecified atom stereocenters. The number of nitrogens with one attached hydrogen (secondary N) is 2. The lowest BCUT2D eigenvalue weighted by Crippen LogP contribution is -2.41. The Labute approximate surface area is 211 Å². The van der Waals surface area contributed by atoms with Crippen molar-refractivity contribution in [1.82, 2.24) is 14.7 Å². The molecule has 0 aliphatic heterocycles. The molecule has 8 nitrogen and oxygen atoms in total. The fraction of sp³-hybridized carbons (Fsp3) is 0.346. The van der Waals surface area contributed by atoms with Gasteiger partial charge in [-0.15, -0.1) is 0 Å². The third-order valence-electron chi connectivity index (χ3n) is 5.29. The van der Waals surface area contributed by atoms with Crippen molar-refractivity contribution in [3.05, 3.63) is 65.3 Å². The number of benzene rings is 2. The second kappa shape index (κ2) is 11.3. The molecule has 2 N–H and O–H groups in total. The zero-order chi connectivity index (χ0) is 25.6. The lowest BCUT2D eigenvalue weighted by Gasteiger charge is -2.22. The third-order valence-corrected chi connectivity index (χ3v) is 5.61. The van der Waals surface area contributed by atoms with Crippen LogP contribution in [0.1, 0.15) is 39.8 Å². The van der Waals surface area contributed by atoms with Crippen molar-refractivity contribution in [1.29, 1.82) is 0 Å². The molecule has 0 bridgehead atoms. The highest BCUT2D eigenvalue weighted by molar-refractivity contribution is 6.32. The summed E-state index contributed by atoms with van der Waals surface area (Å²) in [5.74, 6) is 0.678. The number of halogens is 1. The number of nitrogens with zero attached hydrogens (tertiary/aromatic N) is 3. The topological polar surface area (TPSA) is 88.5 Å². The first-order valence-electron chi connectivity index (χ1n) is 11.5. The van der Waals surface area contributed by atoms with E-state index in [2.05, 4.69) is 10.6 Å². The number of rotatable bonds is 8. The Morgan fingerprint density at radius 3 is 2.43 bits per heavy atom. The Morgan fingerprint density at radius 1 is 1.09 bits per heavy atom. The van der Waals surface area contributed by atoms with E-state index in [1.165, 1.54) is 12.0 Å². The van der Waals surface area contributed by atoms with Gasteiger partial charge in [0.1, 0.15) is 18.1 Å². The molecule has 0 saturated carbocycles. The average molecular weight is 498 g/mol. The van der Waals surface area contributed by atoms with E-state index < -0.39 is 0 Å². The zero-order valence-corrected chi connectivity index (χ0v) is 21.5. The smallest absolute Gasteiger partial charge is 0.322 e. The maximum absolute atomic E-state index is 13.1. The summed E-state index contributed by atoms with van der Waals surface area (Å²) in [4.78, 5) is 27.5. The molecular formula is C26H32ClN5O3. The molecule has 35 heavy (non-hydrogen) atoms. The highest BCUT2D eigenvalue weighted by atomic mass is 35.5. The van der Waals surface area contributed by atoms with E-state index in [4.69, 9.17) is 21.4 Å². The highest BCUT2D eigenvalue weighted by Crippen LogP contribution is 2.29. The lowest BCUT2D eigenvalue weighted by atomic mass is 9.92. The largest absolute Gasteiger partial charge is 0.495 e. The first-order valence-corrected chi connectivity index (χ1v) is 11.9. The molecule has 0 radical (unpaired) electrons. The first-order chi connectivity index (χ1) is 16.6. The Kier molecular flexibility index (Phi) is 8.40. The normalized spacial score (nSPS) is 11.1. The Hall–Kier alpha value is -3.52. The summed E-state index contributed by atoms with van der Waals surface area (Å²) in [5, 5.41) is 11.0. The van der Waals surface area contributed by atoms with Crippen molar-refractivity contribution in [2.24, 2.45) is 0 Å². The van der Waals surface area contributed by atoms with Crippen LogP contribution >= 0.6 is 11.6 Å². The number of anilines is 2. The number of methoxy groups -OCH3 is 1. The van der Waals surface area contributed by atoms with Crippen molar-refractivity contribution in [3.63, 3.8) is 0 Å². The summed E-state index contributed by atoms with van der Waals surface area (Å²) >= 11 is 6.41. The number of ether oxygens (including phenoxy) is 1. The van der Waals surface area contributed by atoms with Crippen LogP contribution in [0.15, 0.2) is 54.6 Å². The minimum atomic E-state index is -0.388. The predicted molar refractivity (Wildman–Crippen MR) is 140 cm³/mol. The number of hydrogen-bond acceptors (Lipinski definition) is 4. The maximum atomic E-state index is 13.1. The Balaban J connectivity index is 1.82. The standard InChI is InChI=1S/C26H32ClN5O3/c1-6-15-31(25(34)28-19-12-8-10-14-21(19)35-5)17-24(33)29-23-16-22(26(2,3)4)30-32(23)20-13-9-7-11-18(20)27/h7-14,16H,6,15,17H2,1-5H3,(H,28,34)(H,29,33). The minimum Gasteiger partial charge on any atom is -0.495 e. The number of para-hydroxylation sites is 3.